The summed E-state index contributed by atoms with van der Waals surface area (Å²) in [7, 11) is 0. The molecule has 0 bridgehead atoms. The van der Waals surface area contributed by atoms with Gasteiger partial charge in [-0.05, 0) is 25.5 Å². The van der Waals surface area contributed by atoms with Gasteiger partial charge in [0.25, 0.3) is 0 Å². The van der Waals surface area contributed by atoms with Crippen molar-refractivity contribution >= 4 is 0 Å². The summed E-state index contributed by atoms with van der Waals surface area (Å²) in [6, 6.07) is 2.16. The van der Waals surface area contributed by atoms with E-state index in [1.54, 1.807) is 16.8 Å². The summed E-state index contributed by atoms with van der Waals surface area (Å²) >= 11 is 0. The average molecular weight is 223 g/mol. The van der Waals surface area contributed by atoms with Crippen LogP contribution in [0.1, 0.15) is 33.1 Å². The quantitative estimate of drug-likeness (QED) is 0.760. The maximum Gasteiger partial charge on any atom is 0.347 e. The number of hydrogen-bond acceptors (Lipinski definition) is 3. The number of aromatic nitrogens is 2. The van der Waals surface area contributed by atoms with Gasteiger partial charge in [-0.15, -0.1) is 0 Å². The lowest BCUT2D eigenvalue weighted by Gasteiger charge is -2.18. The molecule has 1 rings (SSSR count). The summed E-state index contributed by atoms with van der Waals surface area (Å²) < 4.78 is 1.67. The predicted octanol–water partition coefficient (Wildman–Crippen LogP) is 1.41. The van der Waals surface area contributed by atoms with E-state index in [1.165, 1.54) is 6.20 Å². The lowest BCUT2D eigenvalue weighted by atomic mass is 10.1. The van der Waals surface area contributed by atoms with Crippen LogP contribution >= 0.6 is 0 Å². The Morgan fingerprint density at radius 2 is 2.25 bits per heavy atom. The van der Waals surface area contributed by atoms with Crippen LogP contribution in [0.25, 0.3) is 0 Å². The van der Waals surface area contributed by atoms with E-state index in [0.29, 0.717) is 12.6 Å². The monoisotopic (exact) mass is 223 g/mol. The van der Waals surface area contributed by atoms with Gasteiger partial charge in [0.05, 0.1) is 0 Å². The number of hydrogen-bond donors (Lipinski definition) is 1. The third-order valence-electron chi connectivity index (χ3n) is 2.52. The standard InChI is InChI=1S/C12H21N3O/c1-3-6-11(13-7-4-2)10-15-9-5-8-14-12(15)16/h5,8-9,11,13H,3-4,6-7,10H2,1-2H3. The predicted molar refractivity (Wildman–Crippen MR) is 65.5 cm³/mol. The Bertz CT molecular complexity index is 348. The molecule has 0 aliphatic carbocycles. The van der Waals surface area contributed by atoms with Crippen LogP contribution in [-0.2, 0) is 6.54 Å². The zero-order chi connectivity index (χ0) is 11.8. The topological polar surface area (TPSA) is 46.9 Å². The minimum absolute atomic E-state index is 0.165. The largest absolute Gasteiger partial charge is 0.347 e. The molecule has 0 amide bonds. The van der Waals surface area contributed by atoms with Crippen LogP contribution < -0.4 is 11.0 Å². The first-order valence-corrected chi connectivity index (χ1v) is 6.02. The fourth-order valence-corrected chi connectivity index (χ4v) is 1.72. The summed E-state index contributed by atoms with van der Waals surface area (Å²) in [5.74, 6) is 0. The van der Waals surface area contributed by atoms with Gasteiger partial charge in [-0.3, -0.25) is 4.57 Å². The molecular weight excluding hydrogens is 202 g/mol. The third kappa shape index (κ3) is 4.14. The van der Waals surface area contributed by atoms with E-state index in [1.807, 2.05) is 0 Å². The zero-order valence-corrected chi connectivity index (χ0v) is 10.1. The molecule has 16 heavy (non-hydrogen) atoms. The highest BCUT2D eigenvalue weighted by molar-refractivity contribution is 4.82. The fourth-order valence-electron chi connectivity index (χ4n) is 1.72. The lowest BCUT2D eigenvalue weighted by Crippen LogP contribution is -2.37. The Morgan fingerprint density at radius 3 is 2.88 bits per heavy atom. The Hall–Kier alpha value is -1.16. The molecule has 1 atom stereocenters. The van der Waals surface area contributed by atoms with Crippen LogP contribution in [0.5, 0.6) is 0 Å². The van der Waals surface area contributed by atoms with Gasteiger partial charge in [0.2, 0.25) is 0 Å². The van der Waals surface area contributed by atoms with Crippen LogP contribution in [0, 0.1) is 0 Å². The van der Waals surface area contributed by atoms with Crippen molar-refractivity contribution in [3.63, 3.8) is 0 Å². The third-order valence-corrected chi connectivity index (χ3v) is 2.52. The molecule has 90 valence electrons. The molecule has 0 saturated carbocycles. The van der Waals surface area contributed by atoms with Crippen LogP contribution in [0.15, 0.2) is 23.3 Å². The van der Waals surface area contributed by atoms with Gasteiger partial charge in [0, 0.05) is 25.0 Å². The minimum Gasteiger partial charge on any atom is -0.312 e. The van der Waals surface area contributed by atoms with E-state index in [9.17, 15) is 4.79 Å². The van der Waals surface area contributed by atoms with Gasteiger partial charge in [-0.25, -0.2) is 9.78 Å². The van der Waals surface area contributed by atoms with Gasteiger partial charge >= 0.3 is 5.69 Å². The number of nitrogens with one attached hydrogen (secondary N) is 1. The Morgan fingerprint density at radius 1 is 1.44 bits per heavy atom. The highest BCUT2D eigenvalue weighted by atomic mass is 16.1. The first kappa shape index (κ1) is 12.9. The molecule has 1 unspecified atom stereocenters. The molecular formula is C12H21N3O. The molecule has 1 aromatic heterocycles. The van der Waals surface area contributed by atoms with Crippen molar-refractivity contribution in [3.05, 3.63) is 28.9 Å². The van der Waals surface area contributed by atoms with E-state index in [-0.39, 0.29) is 5.69 Å². The van der Waals surface area contributed by atoms with Gasteiger partial charge in [0.15, 0.2) is 0 Å². The minimum atomic E-state index is -0.165. The van der Waals surface area contributed by atoms with Crippen molar-refractivity contribution in [3.8, 4) is 0 Å². The summed E-state index contributed by atoms with van der Waals surface area (Å²) in [6.07, 6.45) is 6.65. The molecule has 0 aromatic carbocycles. The highest BCUT2D eigenvalue weighted by Gasteiger charge is 2.07. The van der Waals surface area contributed by atoms with Crippen molar-refractivity contribution in [1.82, 2.24) is 14.9 Å². The van der Waals surface area contributed by atoms with E-state index >= 15 is 0 Å². The van der Waals surface area contributed by atoms with E-state index in [4.69, 9.17) is 0 Å². The maximum absolute atomic E-state index is 11.5. The van der Waals surface area contributed by atoms with Crippen molar-refractivity contribution in [2.24, 2.45) is 0 Å². The van der Waals surface area contributed by atoms with Crippen LogP contribution in [0.3, 0.4) is 0 Å². The Labute approximate surface area is 96.7 Å². The molecule has 0 saturated heterocycles. The average Bonchev–Trinajstić information content (AvgIpc) is 2.29. The first-order valence-electron chi connectivity index (χ1n) is 6.02. The van der Waals surface area contributed by atoms with E-state index in [2.05, 4.69) is 24.1 Å². The van der Waals surface area contributed by atoms with Crippen LogP contribution in [-0.4, -0.2) is 22.1 Å². The fraction of sp³-hybridized carbons (Fsp3) is 0.667. The molecule has 0 aliphatic heterocycles. The van der Waals surface area contributed by atoms with Gasteiger partial charge in [0.1, 0.15) is 0 Å². The second kappa shape index (κ2) is 7.17. The SMILES string of the molecule is CCCNC(CCC)Cn1cccnc1=O. The highest BCUT2D eigenvalue weighted by Crippen LogP contribution is 1.99. The Kier molecular flexibility index (Phi) is 5.78. The molecule has 0 spiro atoms. The summed E-state index contributed by atoms with van der Waals surface area (Å²) in [6.45, 7) is 6.01. The normalized spacial score (nSPS) is 12.6. The molecule has 4 heteroatoms. The molecule has 0 radical (unpaired) electrons. The number of nitrogens with zero attached hydrogens (tertiary/aromatic N) is 2. The van der Waals surface area contributed by atoms with Crippen molar-refractivity contribution in [2.75, 3.05) is 6.54 Å². The second-order valence-corrected chi connectivity index (χ2v) is 3.99. The van der Waals surface area contributed by atoms with E-state index in [0.717, 1.165) is 25.8 Å². The van der Waals surface area contributed by atoms with Crippen LogP contribution in [0.4, 0.5) is 0 Å². The Balaban J connectivity index is 2.60. The molecule has 1 aromatic rings. The summed E-state index contributed by atoms with van der Waals surface area (Å²) in [4.78, 5) is 15.2. The second-order valence-electron chi connectivity index (χ2n) is 3.99. The van der Waals surface area contributed by atoms with Crippen molar-refractivity contribution in [1.29, 1.82) is 0 Å². The molecule has 0 aliphatic rings. The summed E-state index contributed by atoms with van der Waals surface area (Å²) in [5, 5.41) is 3.46. The van der Waals surface area contributed by atoms with Gasteiger partial charge in [-0.1, -0.05) is 20.3 Å². The summed E-state index contributed by atoms with van der Waals surface area (Å²) in [5.41, 5.74) is -0.165. The maximum atomic E-state index is 11.5. The zero-order valence-electron chi connectivity index (χ0n) is 10.1. The molecule has 4 nitrogen and oxygen atoms in total. The first-order chi connectivity index (χ1) is 7.77. The molecule has 1 heterocycles. The molecule has 1 N–H and O–H groups in total. The smallest absolute Gasteiger partial charge is 0.312 e. The lowest BCUT2D eigenvalue weighted by molar-refractivity contribution is 0.412. The van der Waals surface area contributed by atoms with Crippen molar-refractivity contribution < 1.29 is 0 Å². The van der Waals surface area contributed by atoms with E-state index < -0.39 is 0 Å². The van der Waals surface area contributed by atoms with Gasteiger partial charge in [-0.2, -0.15) is 0 Å². The number of rotatable bonds is 7. The van der Waals surface area contributed by atoms with Crippen molar-refractivity contribution in [2.45, 2.75) is 45.7 Å². The van der Waals surface area contributed by atoms with Crippen LogP contribution in [0.2, 0.25) is 0 Å². The van der Waals surface area contributed by atoms with Gasteiger partial charge < -0.3 is 5.32 Å². The molecule has 0 fully saturated rings.